The van der Waals surface area contributed by atoms with E-state index in [-0.39, 0.29) is 0 Å². The second-order valence-corrected chi connectivity index (χ2v) is 4.76. The van der Waals surface area contributed by atoms with Crippen molar-refractivity contribution in [2.75, 3.05) is 0 Å². The molecule has 2 aromatic rings. The molecule has 0 aromatic heterocycles. The van der Waals surface area contributed by atoms with Gasteiger partial charge in [-0.1, -0.05) is 35.5 Å². The highest BCUT2D eigenvalue weighted by Crippen LogP contribution is 2.19. The van der Waals surface area contributed by atoms with E-state index in [1.165, 1.54) is 0 Å². The normalized spacial score (nSPS) is 16.7. The molecule has 4 heteroatoms. The fraction of sp³-hybridized carbons (Fsp3) is 0.176. The molecule has 0 spiro atoms. The molecule has 4 nitrogen and oxygen atoms in total. The third kappa shape index (κ3) is 3.21. The Kier molecular flexibility index (Phi) is 3.83. The Morgan fingerprint density at radius 3 is 2.57 bits per heavy atom. The zero-order valence-corrected chi connectivity index (χ0v) is 11.4. The van der Waals surface area contributed by atoms with Gasteiger partial charge in [-0.15, -0.1) is 0 Å². The van der Waals surface area contributed by atoms with E-state index >= 15 is 0 Å². The summed E-state index contributed by atoms with van der Waals surface area (Å²) in [6, 6.07) is 19.7. The summed E-state index contributed by atoms with van der Waals surface area (Å²) in [4.78, 5) is 5.00. The van der Waals surface area contributed by atoms with Crippen LogP contribution in [-0.4, -0.2) is 11.8 Å². The molecule has 0 unspecified atom stereocenters. The van der Waals surface area contributed by atoms with Gasteiger partial charge in [0, 0.05) is 6.42 Å². The van der Waals surface area contributed by atoms with Crippen molar-refractivity contribution in [1.82, 2.24) is 0 Å². The van der Waals surface area contributed by atoms with Crippen molar-refractivity contribution < 1.29 is 9.57 Å². The molecule has 104 valence electrons. The maximum absolute atomic E-state index is 8.78. The fourth-order valence-electron chi connectivity index (χ4n) is 2.10. The average Bonchev–Trinajstić information content (AvgIpc) is 3.03. The number of oxime groups is 1. The zero-order valence-electron chi connectivity index (χ0n) is 11.4. The number of rotatable bonds is 4. The van der Waals surface area contributed by atoms with Crippen molar-refractivity contribution in [2.45, 2.75) is 19.1 Å². The van der Waals surface area contributed by atoms with Gasteiger partial charge in [0.1, 0.15) is 18.4 Å². The van der Waals surface area contributed by atoms with Crippen LogP contribution in [0.25, 0.3) is 0 Å². The molecule has 0 N–H and O–H groups in total. The van der Waals surface area contributed by atoms with Crippen LogP contribution in [0.15, 0.2) is 59.8 Å². The van der Waals surface area contributed by atoms with E-state index < -0.39 is 6.10 Å². The number of nitrogens with zero attached hydrogens (tertiary/aromatic N) is 2. The molecular weight excluding hydrogens is 264 g/mol. The predicted molar refractivity (Wildman–Crippen MR) is 78.9 cm³/mol. The topological polar surface area (TPSA) is 54.6 Å². The van der Waals surface area contributed by atoms with Crippen molar-refractivity contribution in [3.63, 3.8) is 0 Å². The first-order valence-electron chi connectivity index (χ1n) is 6.74. The van der Waals surface area contributed by atoms with Gasteiger partial charge in [0.25, 0.3) is 0 Å². The summed E-state index contributed by atoms with van der Waals surface area (Å²) in [5.74, 6) is 0.805. The molecule has 1 atom stereocenters. The maximum Gasteiger partial charge on any atom is 0.218 e. The molecule has 0 saturated carbocycles. The first-order valence-corrected chi connectivity index (χ1v) is 6.74. The SMILES string of the molecule is N#C[C@@H]1CC(c2ccc(OCc3ccccc3)cc2)=NO1. The standard InChI is InChI=1S/C17H14N2O2/c18-11-16-10-17(19-21-16)14-6-8-15(9-7-14)20-12-13-4-2-1-3-5-13/h1-9,16H,10,12H2/t16-/m0/s1. The van der Waals surface area contributed by atoms with E-state index in [0.29, 0.717) is 13.0 Å². The van der Waals surface area contributed by atoms with Crippen LogP contribution < -0.4 is 4.74 Å². The third-order valence-corrected chi connectivity index (χ3v) is 3.25. The predicted octanol–water partition coefficient (Wildman–Crippen LogP) is 3.28. The summed E-state index contributed by atoms with van der Waals surface area (Å²) in [6.07, 6.45) is 0.0646. The van der Waals surface area contributed by atoms with Crippen LogP contribution in [0.4, 0.5) is 0 Å². The van der Waals surface area contributed by atoms with Crippen LogP contribution in [0.3, 0.4) is 0 Å². The third-order valence-electron chi connectivity index (χ3n) is 3.25. The lowest BCUT2D eigenvalue weighted by molar-refractivity contribution is 0.125. The Bertz CT molecular complexity index is 672. The quantitative estimate of drug-likeness (QED) is 0.862. The lowest BCUT2D eigenvalue weighted by Crippen LogP contribution is -2.05. The van der Waals surface area contributed by atoms with Crippen LogP contribution in [0.2, 0.25) is 0 Å². The average molecular weight is 278 g/mol. The van der Waals surface area contributed by atoms with Gasteiger partial charge in [-0.25, -0.2) is 0 Å². The van der Waals surface area contributed by atoms with E-state index in [2.05, 4.69) is 11.2 Å². The maximum atomic E-state index is 8.78. The first-order chi connectivity index (χ1) is 10.3. The highest BCUT2D eigenvalue weighted by Gasteiger charge is 2.21. The number of hydrogen-bond acceptors (Lipinski definition) is 4. The molecule has 3 rings (SSSR count). The molecule has 2 aromatic carbocycles. The number of benzene rings is 2. The van der Waals surface area contributed by atoms with Gasteiger partial charge >= 0.3 is 0 Å². The van der Waals surface area contributed by atoms with E-state index in [0.717, 1.165) is 22.6 Å². The molecule has 21 heavy (non-hydrogen) atoms. The summed E-state index contributed by atoms with van der Waals surface area (Å²) in [5.41, 5.74) is 2.89. The molecule has 1 heterocycles. The largest absolute Gasteiger partial charge is 0.489 e. The van der Waals surface area contributed by atoms with Crippen LogP contribution >= 0.6 is 0 Å². The van der Waals surface area contributed by atoms with E-state index in [1.54, 1.807) is 0 Å². The lowest BCUT2D eigenvalue weighted by Gasteiger charge is -2.07. The van der Waals surface area contributed by atoms with Crippen molar-refractivity contribution in [3.8, 4) is 11.8 Å². The first kappa shape index (κ1) is 13.2. The monoisotopic (exact) mass is 278 g/mol. The smallest absolute Gasteiger partial charge is 0.218 e. The summed E-state index contributed by atoms with van der Waals surface area (Å²) in [7, 11) is 0. The molecule has 0 bridgehead atoms. The second-order valence-electron chi connectivity index (χ2n) is 4.76. The molecule has 1 aliphatic heterocycles. The molecule has 0 saturated heterocycles. The van der Waals surface area contributed by atoms with Gasteiger partial charge in [0.05, 0.1) is 5.71 Å². The Labute approximate surface area is 123 Å². The Balaban J connectivity index is 1.61. The highest BCUT2D eigenvalue weighted by molar-refractivity contribution is 6.01. The molecular formula is C17H14N2O2. The van der Waals surface area contributed by atoms with Gasteiger partial charge in [-0.05, 0) is 35.4 Å². The van der Waals surface area contributed by atoms with Crippen LogP contribution in [0.5, 0.6) is 5.75 Å². The Hall–Kier alpha value is -2.80. The number of nitriles is 1. The molecule has 0 fully saturated rings. The van der Waals surface area contributed by atoms with Gasteiger partial charge in [-0.2, -0.15) is 5.26 Å². The van der Waals surface area contributed by atoms with Crippen LogP contribution in [0.1, 0.15) is 17.5 Å². The Morgan fingerprint density at radius 1 is 1.14 bits per heavy atom. The Morgan fingerprint density at radius 2 is 1.90 bits per heavy atom. The van der Waals surface area contributed by atoms with Crippen molar-refractivity contribution in [3.05, 3.63) is 65.7 Å². The minimum Gasteiger partial charge on any atom is -0.489 e. The molecule has 1 aliphatic rings. The van der Waals surface area contributed by atoms with E-state index in [1.807, 2.05) is 54.6 Å². The van der Waals surface area contributed by atoms with Crippen LogP contribution in [-0.2, 0) is 11.4 Å². The summed E-state index contributed by atoms with van der Waals surface area (Å²) < 4.78 is 5.73. The second kappa shape index (κ2) is 6.10. The summed E-state index contributed by atoms with van der Waals surface area (Å²) >= 11 is 0. The van der Waals surface area contributed by atoms with Crippen molar-refractivity contribution in [1.29, 1.82) is 5.26 Å². The summed E-state index contributed by atoms with van der Waals surface area (Å²) in [6.45, 7) is 0.542. The highest BCUT2D eigenvalue weighted by atomic mass is 16.6. The number of ether oxygens (including phenoxy) is 1. The van der Waals surface area contributed by atoms with Crippen molar-refractivity contribution in [2.24, 2.45) is 5.16 Å². The number of hydrogen-bond donors (Lipinski definition) is 0. The fourth-order valence-corrected chi connectivity index (χ4v) is 2.10. The summed E-state index contributed by atoms with van der Waals surface area (Å²) in [5, 5.41) is 12.7. The minimum atomic E-state index is -0.464. The van der Waals surface area contributed by atoms with Gasteiger partial charge in [-0.3, -0.25) is 0 Å². The zero-order chi connectivity index (χ0) is 14.5. The van der Waals surface area contributed by atoms with Gasteiger partial charge in [0.2, 0.25) is 6.10 Å². The van der Waals surface area contributed by atoms with Crippen LogP contribution in [0, 0.1) is 11.3 Å². The molecule has 0 amide bonds. The van der Waals surface area contributed by atoms with Gasteiger partial charge in [0.15, 0.2) is 0 Å². The molecule has 0 aliphatic carbocycles. The van der Waals surface area contributed by atoms with Crippen molar-refractivity contribution >= 4 is 5.71 Å². The lowest BCUT2D eigenvalue weighted by atomic mass is 10.1. The van der Waals surface area contributed by atoms with E-state index in [4.69, 9.17) is 14.8 Å². The minimum absolute atomic E-state index is 0.464. The molecule has 0 radical (unpaired) electrons. The van der Waals surface area contributed by atoms with Gasteiger partial charge < -0.3 is 9.57 Å². The van der Waals surface area contributed by atoms with E-state index in [9.17, 15) is 0 Å².